The Labute approximate surface area is 99.3 Å². The number of rotatable bonds is 3. The lowest BCUT2D eigenvalue weighted by molar-refractivity contribution is 0.459. The summed E-state index contributed by atoms with van der Waals surface area (Å²) >= 11 is 0. The SMILES string of the molecule is CCn1cc(Oc2nccc(C)c2C#N)cn1. The van der Waals surface area contributed by atoms with Crippen molar-refractivity contribution in [2.45, 2.75) is 20.4 Å². The average molecular weight is 228 g/mol. The molecule has 2 heterocycles. The highest BCUT2D eigenvalue weighted by molar-refractivity contribution is 5.45. The zero-order valence-corrected chi connectivity index (χ0v) is 9.71. The van der Waals surface area contributed by atoms with Crippen molar-refractivity contribution in [3.8, 4) is 17.7 Å². The number of aryl methyl sites for hydroxylation is 2. The topological polar surface area (TPSA) is 63.7 Å². The highest BCUT2D eigenvalue weighted by Crippen LogP contribution is 2.23. The normalized spacial score (nSPS) is 9.94. The molecule has 2 rings (SSSR count). The van der Waals surface area contributed by atoms with E-state index in [9.17, 15) is 0 Å². The fourth-order valence-electron chi connectivity index (χ4n) is 1.43. The van der Waals surface area contributed by atoms with E-state index in [1.54, 1.807) is 29.3 Å². The summed E-state index contributed by atoms with van der Waals surface area (Å²) in [6, 6.07) is 3.87. The van der Waals surface area contributed by atoms with E-state index in [0.29, 0.717) is 17.2 Å². The maximum atomic E-state index is 9.04. The molecule has 0 aliphatic rings. The number of nitrogens with zero attached hydrogens (tertiary/aromatic N) is 4. The van der Waals surface area contributed by atoms with Gasteiger partial charge in [0.25, 0.3) is 0 Å². The third-order valence-electron chi connectivity index (χ3n) is 2.38. The van der Waals surface area contributed by atoms with Gasteiger partial charge in [0.1, 0.15) is 11.6 Å². The summed E-state index contributed by atoms with van der Waals surface area (Å²) in [7, 11) is 0. The molecule has 0 aliphatic carbocycles. The van der Waals surface area contributed by atoms with Crippen LogP contribution < -0.4 is 4.74 Å². The maximum absolute atomic E-state index is 9.04. The van der Waals surface area contributed by atoms with Crippen LogP contribution in [0.5, 0.6) is 11.6 Å². The van der Waals surface area contributed by atoms with Crippen molar-refractivity contribution in [2.24, 2.45) is 0 Å². The fraction of sp³-hybridized carbons (Fsp3) is 0.250. The van der Waals surface area contributed by atoms with E-state index < -0.39 is 0 Å². The van der Waals surface area contributed by atoms with Gasteiger partial charge in [-0.25, -0.2) is 4.98 Å². The largest absolute Gasteiger partial charge is 0.434 e. The summed E-state index contributed by atoms with van der Waals surface area (Å²) in [6.07, 6.45) is 5.00. The second kappa shape index (κ2) is 4.66. The molecule has 0 saturated carbocycles. The molecule has 0 atom stereocenters. The van der Waals surface area contributed by atoms with Gasteiger partial charge in [-0.2, -0.15) is 10.4 Å². The molecule has 5 heteroatoms. The van der Waals surface area contributed by atoms with Crippen molar-refractivity contribution < 1.29 is 4.74 Å². The van der Waals surface area contributed by atoms with Crippen LogP contribution >= 0.6 is 0 Å². The predicted octanol–water partition coefficient (Wildman–Crippen LogP) is 2.27. The van der Waals surface area contributed by atoms with Crippen LogP contribution in [0, 0.1) is 18.3 Å². The number of nitriles is 1. The molecular weight excluding hydrogens is 216 g/mol. The maximum Gasteiger partial charge on any atom is 0.237 e. The highest BCUT2D eigenvalue weighted by Gasteiger charge is 2.09. The molecule has 17 heavy (non-hydrogen) atoms. The summed E-state index contributed by atoms with van der Waals surface area (Å²) in [5.74, 6) is 0.907. The van der Waals surface area contributed by atoms with Gasteiger partial charge >= 0.3 is 0 Å². The summed E-state index contributed by atoms with van der Waals surface area (Å²) in [6.45, 7) is 4.61. The van der Waals surface area contributed by atoms with Crippen molar-refractivity contribution in [3.63, 3.8) is 0 Å². The van der Waals surface area contributed by atoms with E-state index in [-0.39, 0.29) is 0 Å². The quantitative estimate of drug-likeness (QED) is 0.808. The summed E-state index contributed by atoms with van der Waals surface area (Å²) < 4.78 is 7.29. The molecule has 86 valence electrons. The molecule has 0 fully saturated rings. The fourth-order valence-corrected chi connectivity index (χ4v) is 1.43. The van der Waals surface area contributed by atoms with Crippen molar-refractivity contribution in [1.29, 1.82) is 5.26 Å². The summed E-state index contributed by atoms with van der Waals surface area (Å²) in [5.41, 5.74) is 1.30. The van der Waals surface area contributed by atoms with Gasteiger partial charge in [-0.05, 0) is 25.5 Å². The minimum Gasteiger partial charge on any atom is -0.434 e. The minimum absolute atomic E-state index is 0.322. The first-order chi connectivity index (χ1) is 8.24. The lowest BCUT2D eigenvalue weighted by Crippen LogP contribution is -1.94. The Morgan fingerprint density at radius 2 is 2.35 bits per heavy atom. The van der Waals surface area contributed by atoms with Crippen molar-refractivity contribution in [2.75, 3.05) is 0 Å². The van der Waals surface area contributed by atoms with Crippen LogP contribution in [0.2, 0.25) is 0 Å². The Morgan fingerprint density at radius 1 is 1.53 bits per heavy atom. The van der Waals surface area contributed by atoms with Crippen LogP contribution in [0.25, 0.3) is 0 Å². The molecule has 0 saturated heterocycles. The highest BCUT2D eigenvalue weighted by atomic mass is 16.5. The molecule has 2 aromatic heterocycles. The van der Waals surface area contributed by atoms with E-state index in [1.807, 2.05) is 13.8 Å². The van der Waals surface area contributed by atoms with Crippen molar-refractivity contribution in [1.82, 2.24) is 14.8 Å². The summed E-state index contributed by atoms with van der Waals surface area (Å²) in [5, 5.41) is 13.1. The van der Waals surface area contributed by atoms with E-state index >= 15 is 0 Å². The number of aromatic nitrogens is 3. The molecule has 0 N–H and O–H groups in total. The zero-order chi connectivity index (χ0) is 12.3. The van der Waals surface area contributed by atoms with E-state index in [2.05, 4.69) is 16.2 Å². The van der Waals surface area contributed by atoms with Gasteiger partial charge in [0.05, 0.1) is 12.4 Å². The predicted molar refractivity (Wildman–Crippen MR) is 61.7 cm³/mol. The van der Waals surface area contributed by atoms with Gasteiger partial charge in [-0.1, -0.05) is 0 Å². The van der Waals surface area contributed by atoms with Crippen molar-refractivity contribution in [3.05, 3.63) is 35.8 Å². The molecule has 0 aromatic carbocycles. The first-order valence-electron chi connectivity index (χ1n) is 5.30. The molecule has 5 nitrogen and oxygen atoms in total. The third-order valence-corrected chi connectivity index (χ3v) is 2.38. The van der Waals surface area contributed by atoms with Crippen LogP contribution in [0.15, 0.2) is 24.7 Å². The summed E-state index contributed by atoms with van der Waals surface area (Å²) in [4.78, 5) is 4.06. The van der Waals surface area contributed by atoms with Crippen LogP contribution in [0.3, 0.4) is 0 Å². The zero-order valence-electron chi connectivity index (χ0n) is 9.71. The monoisotopic (exact) mass is 228 g/mol. The average Bonchev–Trinajstić information content (AvgIpc) is 2.77. The van der Waals surface area contributed by atoms with Gasteiger partial charge in [0.15, 0.2) is 5.75 Å². The van der Waals surface area contributed by atoms with Gasteiger partial charge in [0, 0.05) is 12.7 Å². The first-order valence-corrected chi connectivity index (χ1v) is 5.30. The first kappa shape index (κ1) is 11.1. The van der Waals surface area contributed by atoms with Crippen LogP contribution in [-0.4, -0.2) is 14.8 Å². The molecule has 0 radical (unpaired) electrons. The lowest BCUT2D eigenvalue weighted by atomic mass is 10.2. The number of pyridine rings is 1. The standard InChI is InChI=1S/C12H12N4O/c1-3-16-8-10(7-15-16)17-12-11(6-13)9(2)4-5-14-12/h4-5,7-8H,3H2,1-2H3. The van der Waals surface area contributed by atoms with E-state index in [4.69, 9.17) is 10.00 Å². The minimum atomic E-state index is 0.322. The Bertz CT molecular complexity index is 568. The molecule has 0 unspecified atom stereocenters. The van der Waals surface area contributed by atoms with Crippen LogP contribution in [0.1, 0.15) is 18.1 Å². The molecular formula is C12H12N4O. The number of hydrogen-bond donors (Lipinski definition) is 0. The Balaban J connectivity index is 2.30. The Morgan fingerprint density at radius 3 is 3.00 bits per heavy atom. The Kier molecular flexibility index (Phi) is 3.06. The van der Waals surface area contributed by atoms with Gasteiger partial charge in [-0.15, -0.1) is 0 Å². The number of hydrogen-bond acceptors (Lipinski definition) is 4. The number of ether oxygens (including phenoxy) is 1. The Hall–Kier alpha value is -2.35. The lowest BCUT2D eigenvalue weighted by Gasteiger charge is -2.04. The molecule has 0 aliphatic heterocycles. The third kappa shape index (κ3) is 2.26. The van der Waals surface area contributed by atoms with Gasteiger partial charge < -0.3 is 4.74 Å². The molecule has 0 spiro atoms. The van der Waals surface area contributed by atoms with E-state index in [0.717, 1.165) is 12.1 Å². The molecule has 0 bridgehead atoms. The second-order valence-electron chi connectivity index (χ2n) is 3.55. The van der Waals surface area contributed by atoms with Crippen LogP contribution in [-0.2, 0) is 6.54 Å². The smallest absolute Gasteiger partial charge is 0.237 e. The molecule has 2 aromatic rings. The van der Waals surface area contributed by atoms with Crippen molar-refractivity contribution >= 4 is 0 Å². The van der Waals surface area contributed by atoms with E-state index in [1.165, 1.54) is 0 Å². The van der Waals surface area contributed by atoms with Gasteiger partial charge in [-0.3, -0.25) is 4.68 Å². The van der Waals surface area contributed by atoms with Crippen LogP contribution in [0.4, 0.5) is 0 Å². The van der Waals surface area contributed by atoms with Gasteiger partial charge in [0.2, 0.25) is 5.88 Å². The second-order valence-corrected chi connectivity index (χ2v) is 3.55. The molecule has 0 amide bonds.